The first-order valence-corrected chi connectivity index (χ1v) is 6.43. The summed E-state index contributed by atoms with van der Waals surface area (Å²) < 4.78 is 6.60. The Morgan fingerprint density at radius 1 is 1.32 bits per heavy atom. The van der Waals surface area contributed by atoms with Gasteiger partial charge in [0.15, 0.2) is 5.82 Å². The fraction of sp³-hybridized carbons (Fsp3) is 0.308. The van der Waals surface area contributed by atoms with Gasteiger partial charge in [0.05, 0.1) is 24.2 Å². The Labute approximate surface area is 116 Å². The summed E-state index contributed by atoms with van der Waals surface area (Å²) in [5, 5.41) is 8.12. The fourth-order valence-corrected chi connectivity index (χ4v) is 2.07. The minimum absolute atomic E-state index is 0.225. The lowest BCUT2D eigenvalue weighted by atomic mass is 10.1. The summed E-state index contributed by atoms with van der Waals surface area (Å²) in [6.45, 7) is 1.97. The average Bonchev–Trinajstić information content (AvgIpc) is 2.89. The summed E-state index contributed by atoms with van der Waals surface area (Å²) in [6.07, 6.45) is 0.694. The normalized spacial score (nSPS) is 10.5. The standard InChI is InChI=1S/C13H14ClN3O2/c1-3-11-15-16-12(8-14)17(11)10-7-5-4-6-9(10)13(18)19-2/h4-7H,3,8H2,1-2H3. The highest BCUT2D eigenvalue weighted by atomic mass is 35.5. The first kappa shape index (κ1) is 13.5. The summed E-state index contributed by atoms with van der Waals surface area (Å²) in [5.74, 6) is 1.19. The molecule has 0 spiro atoms. The Kier molecular flexibility index (Phi) is 4.16. The van der Waals surface area contributed by atoms with E-state index in [0.717, 1.165) is 5.82 Å². The number of methoxy groups -OCH3 is 1. The molecule has 2 aromatic rings. The first-order chi connectivity index (χ1) is 9.22. The molecule has 0 aliphatic carbocycles. The van der Waals surface area contributed by atoms with Gasteiger partial charge in [-0.1, -0.05) is 19.1 Å². The third kappa shape index (κ3) is 2.46. The maximum absolute atomic E-state index is 11.8. The van der Waals surface area contributed by atoms with Crippen LogP contribution in [0.15, 0.2) is 24.3 Å². The second-order valence-corrected chi connectivity index (χ2v) is 4.13. The molecule has 0 radical (unpaired) electrons. The monoisotopic (exact) mass is 279 g/mol. The third-order valence-electron chi connectivity index (χ3n) is 2.78. The van der Waals surface area contributed by atoms with Crippen molar-refractivity contribution in [1.29, 1.82) is 0 Å². The lowest BCUT2D eigenvalue weighted by molar-refractivity contribution is 0.0600. The molecule has 0 saturated heterocycles. The molecule has 1 heterocycles. The fourth-order valence-electron chi connectivity index (χ4n) is 1.90. The molecule has 2 rings (SSSR count). The molecule has 1 aromatic carbocycles. The van der Waals surface area contributed by atoms with Crippen LogP contribution in [0.4, 0.5) is 0 Å². The van der Waals surface area contributed by atoms with Gasteiger partial charge in [-0.3, -0.25) is 4.57 Å². The van der Waals surface area contributed by atoms with Gasteiger partial charge in [-0.05, 0) is 12.1 Å². The predicted molar refractivity (Wildman–Crippen MR) is 71.6 cm³/mol. The van der Waals surface area contributed by atoms with E-state index in [0.29, 0.717) is 23.5 Å². The number of hydrogen-bond acceptors (Lipinski definition) is 4. The highest BCUT2D eigenvalue weighted by Crippen LogP contribution is 2.20. The van der Waals surface area contributed by atoms with E-state index in [-0.39, 0.29) is 5.88 Å². The van der Waals surface area contributed by atoms with Gasteiger partial charge in [0, 0.05) is 6.42 Å². The number of halogens is 1. The number of ether oxygens (including phenoxy) is 1. The third-order valence-corrected chi connectivity index (χ3v) is 3.02. The first-order valence-electron chi connectivity index (χ1n) is 5.89. The molecule has 0 saturated carbocycles. The van der Waals surface area contributed by atoms with E-state index in [1.165, 1.54) is 7.11 Å². The van der Waals surface area contributed by atoms with Crippen molar-refractivity contribution in [3.63, 3.8) is 0 Å². The maximum Gasteiger partial charge on any atom is 0.339 e. The van der Waals surface area contributed by atoms with Crippen LogP contribution in [-0.4, -0.2) is 27.8 Å². The zero-order valence-electron chi connectivity index (χ0n) is 10.8. The molecule has 5 nitrogen and oxygen atoms in total. The number of rotatable bonds is 4. The predicted octanol–water partition coefficient (Wildman–Crippen LogP) is 2.36. The highest BCUT2D eigenvalue weighted by molar-refractivity contribution is 6.16. The number of carbonyl (C=O) groups is 1. The van der Waals surface area contributed by atoms with Crippen molar-refractivity contribution in [3.8, 4) is 5.69 Å². The van der Waals surface area contributed by atoms with Gasteiger partial charge >= 0.3 is 5.97 Å². The van der Waals surface area contributed by atoms with E-state index in [4.69, 9.17) is 16.3 Å². The number of para-hydroxylation sites is 1. The largest absolute Gasteiger partial charge is 0.465 e. The number of esters is 1. The number of alkyl halides is 1. The summed E-state index contributed by atoms with van der Waals surface area (Å²) in [6, 6.07) is 7.16. The molecule has 0 aliphatic rings. The maximum atomic E-state index is 11.8. The molecule has 6 heteroatoms. The van der Waals surface area contributed by atoms with Gasteiger partial charge in [-0.2, -0.15) is 0 Å². The van der Waals surface area contributed by atoms with Crippen LogP contribution in [-0.2, 0) is 17.0 Å². The number of hydrogen-bond donors (Lipinski definition) is 0. The quantitative estimate of drug-likeness (QED) is 0.637. The van der Waals surface area contributed by atoms with Crippen molar-refractivity contribution in [2.45, 2.75) is 19.2 Å². The Balaban J connectivity index is 2.65. The van der Waals surface area contributed by atoms with E-state index in [1.807, 2.05) is 19.1 Å². The number of benzene rings is 1. The molecular formula is C13H14ClN3O2. The second-order valence-electron chi connectivity index (χ2n) is 3.86. The van der Waals surface area contributed by atoms with Gasteiger partial charge in [0.2, 0.25) is 0 Å². The Morgan fingerprint density at radius 2 is 2.00 bits per heavy atom. The van der Waals surface area contributed by atoms with Crippen LogP contribution in [0, 0.1) is 0 Å². The van der Waals surface area contributed by atoms with E-state index < -0.39 is 5.97 Å². The van der Waals surface area contributed by atoms with Crippen molar-refractivity contribution in [2.24, 2.45) is 0 Å². The Hall–Kier alpha value is -1.88. The van der Waals surface area contributed by atoms with Crippen molar-refractivity contribution in [1.82, 2.24) is 14.8 Å². The molecular weight excluding hydrogens is 266 g/mol. The Bertz CT molecular complexity index is 574. The van der Waals surface area contributed by atoms with Gasteiger partial charge in [0.25, 0.3) is 0 Å². The molecule has 0 fully saturated rings. The number of nitrogens with zero attached hydrogens (tertiary/aromatic N) is 3. The summed E-state index contributed by atoms with van der Waals surface area (Å²) >= 11 is 5.88. The van der Waals surface area contributed by atoms with Crippen molar-refractivity contribution < 1.29 is 9.53 Å². The summed E-state index contributed by atoms with van der Waals surface area (Å²) in [7, 11) is 1.36. The summed E-state index contributed by atoms with van der Waals surface area (Å²) in [5.41, 5.74) is 1.15. The molecule has 1 aromatic heterocycles. The van der Waals surface area contributed by atoms with Gasteiger partial charge in [0.1, 0.15) is 5.82 Å². The lowest BCUT2D eigenvalue weighted by Crippen LogP contribution is -2.11. The summed E-state index contributed by atoms with van der Waals surface area (Å²) in [4.78, 5) is 11.8. The van der Waals surface area contributed by atoms with E-state index in [2.05, 4.69) is 10.2 Å². The number of aryl methyl sites for hydroxylation is 1. The van der Waals surface area contributed by atoms with Crippen LogP contribution in [0.5, 0.6) is 0 Å². The molecule has 0 atom stereocenters. The van der Waals surface area contributed by atoms with Crippen LogP contribution in [0.2, 0.25) is 0 Å². The van der Waals surface area contributed by atoms with Gasteiger partial charge in [-0.25, -0.2) is 4.79 Å². The average molecular weight is 280 g/mol. The topological polar surface area (TPSA) is 57.0 Å². The van der Waals surface area contributed by atoms with Crippen LogP contribution >= 0.6 is 11.6 Å². The zero-order chi connectivity index (χ0) is 13.8. The molecule has 0 aliphatic heterocycles. The van der Waals surface area contributed by atoms with Crippen LogP contribution in [0.1, 0.15) is 28.9 Å². The highest BCUT2D eigenvalue weighted by Gasteiger charge is 2.18. The molecule has 0 unspecified atom stereocenters. The van der Waals surface area contributed by atoms with Crippen LogP contribution in [0.25, 0.3) is 5.69 Å². The van der Waals surface area contributed by atoms with Crippen LogP contribution < -0.4 is 0 Å². The van der Waals surface area contributed by atoms with Gasteiger partial charge in [-0.15, -0.1) is 21.8 Å². The SMILES string of the molecule is CCc1nnc(CCl)n1-c1ccccc1C(=O)OC. The minimum Gasteiger partial charge on any atom is -0.465 e. The minimum atomic E-state index is -0.396. The van der Waals surface area contributed by atoms with E-state index >= 15 is 0 Å². The molecule has 0 amide bonds. The van der Waals surface area contributed by atoms with Crippen molar-refractivity contribution in [3.05, 3.63) is 41.5 Å². The smallest absolute Gasteiger partial charge is 0.339 e. The van der Waals surface area contributed by atoms with Crippen LogP contribution in [0.3, 0.4) is 0 Å². The zero-order valence-corrected chi connectivity index (χ0v) is 11.5. The number of carbonyl (C=O) groups excluding carboxylic acids is 1. The van der Waals surface area contributed by atoms with Crippen molar-refractivity contribution >= 4 is 17.6 Å². The van der Waals surface area contributed by atoms with E-state index in [1.54, 1.807) is 16.7 Å². The number of aromatic nitrogens is 3. The molecule has 0 N–H and O–H groups in total. The molecule has 0 bridgehead atoms. The van der Waals surface area contributed by atoms with E-state index in [9.17, 15) is 4.79 Å². The van der Waals surface area contributed by atoms with Gasteiger partial charge < -0.3 is 4.74 Å². The molecule has 19 heavy (non-hydrogen) atoms. The second kappa shape index (κ2) is 5.84. The molecule has 100 valence electrons. The lowest BCUT2D eigenvalue weighted by Gasteiger charge is -2.12. The Morgan fingerprint density at radius 3 is 2.63 bits per heavy atom. The van der Waals surface area contributed by atoms with Crippen molar-refractivity contribution in [2.75, 3.05) is 7.11 Å².